The summed E-state index contributed by atoms with van der Waals surface area (Å²) in [7, 11) is 0. The fraction of sp³-hybridized carbons (Fsp3) is 0.400. The van der Waals surface area contributed by atoms with Crippen LogP contribution in [-0.2, 0) is 0 Å². The molecule has 7 heteroatoms. The van der Waals surface area contributed by atoms with Gasteiger partial charge in [-0.2, -0.15) is 5.10 Å². The van der Waals surface area contributed by atoms with Crippen LogP contribution in [-0.4, -0.2) is 50.0 Å². The van der Waals surface area contributed by atoms with Crippen LogP contribution >= 0.6 is 0 Å². The van der Waals surface area contributed by atoms with E-state index >= 15 is 0 Å². The number of piperidine rings is 1. The van der Waals surface area contributed by atoms with Gasteiger partial charge in [-0.15, -0.1) is 0 Å². The second-order valence-electron chi connectivity index (χ2n) is 7.07. The smallest absolute Gasteiger partial charge is 0.256 e. The summed E-state index contributed by atoms with van der Waals surface area (Å²) in [6.07, 6.45) is 12.5. The molecule has 4 heterocycles. The van der Waals surface area contributed by atoms with Crippen LogP contribution in [0.2, 0.25) is 0 Å². The van der Waals surface area contributed by atoms with Crippen molar-refractivity contribution in [2.45, 2.75) is 32.2 Å². The molecule has 27 heavy (non-hydrogen) atoms. The first-order valence-electron chi connectivity index (χ1n) is 9.44. The zero-order valence-electron chi connectivity index (χ0n) is 15.5. The maximum Gasteiger partial charge on any atom is 0.256 e. The van der Waals surface area contributed by atoms with E-state index in [2.05, 4.69) is 31.3 Å². The number of hydrogen-bond acceptors (Lipinski definition) is 5. The predicted octanol–water partition coefficient (Wildman–Crippen LogP) is 2.39. The Morgan fingerprint density at radius 3 is 2.85 bits per heavy atom. The van der Waals surface area contributed by atoms with Crippen molar-refractivity contribution in [1.29, 1.82) is 0 Å². The van der Waals surface area contributed by atoms with Gasteiger partial charge >= 0.3 is 0 Å². The summed E-state index contributed by atoms with van der Waals surface area (Å²) in [6, 6.07) is 4.16. The minimum absolute atomic E-state index is 0.125. The molecule has 0 saturated carbocycles. The van der Waals surface area contributed by atoms with E-state index in [0.29, 0.717) is 17.8 Å². The third-order valence-electron chi connectivity index (χ3n) is 5.09. The monoisotopic (exact) mass is 364 g/mol. The number of fused-ring (bicyclic) bond motifs is 1. The van der Waals surface area contributed by atoms with E-state index in [1.807, 2.05) is 25.4 Å². The van der Waals surface area contributed by atoms with Gasteiger partial charge in [-0.25, -0.2) is 9.50 Å². The molecule has 0 spiro atoms. The van der Waals surface area contributed by atoms with Crippen molar-refractivity contribution in [3.8, 4) is 0 Å². The molecule has 1 aliphatic rings. The fourth-order valence-corrected chi connectivity index (χ4v) is 3.67. The van der Waals surface area contributed by atoms with Gasteiger partial charge in [-0.05, 0) is 50.0 Å². The summed E-state index contributed by atoms with van der Waals surface area (Å²) in [5.74, 6) is -0.146. The van der Waals surface area contributed by atoms with Crippen molar-refractivity contribution in [3.63, 3.8) is 0 Å². The molecule has 1 N–H and O–H groups in total. The van der Waals surface area contributed by atoms with E-state index in [1.165, 1.54) is 19.3 Å². The van der Waals surface area contributed by atoms with Gasteiger partial charge in [-0.3, -0.25) is 14.7 Å². The van der Waals surface area contributed by atoms with Gasteiger partial charge in [0.15, 0.2) is 5.65 Å². The van der Waals surface area contributed by atoms with Crippen molar-refractivity contribution in [2.75, 3.05) is 19.6 Å². The van der Waals surface area contributed by atoms with Crippen molar-refractivity contribution in [1.82, 2.24) is 29.8 Å². The number of carbonyl (C=O) groups excluding carboxylic acids is 1. The van der Waals surface area contributed by atoms with Gasteiger partial charge in [0, 0.05) is 31.3 Å². The molecular formula is C20H24N6O. The second-order valence-corrected chi connectivity index (χ2v) is 7.07. The van der Waals surface area contributed by atoms with Gasteiger partial charge in [0.25, 0.3) is 5.91 Å². The number of amides is 1. The topological polar surface area (TPSA) is 75.4 Å². The van der Waals surface area contributed by atoms with Crippen LogP contribution < -0.4 is 5.32 Å². The number of aromatic nitrogens is 4. The molecule has 3 aromatic rings. The first kappa shape index (κ1) is 17.6. The van der Waals surface area contributed by atoms with Crippen molar-refractivity contribution in [2.24, 2.45) is 0 Å². The Hall–Kier alpha value is -2.80. The average molecular weight is 364 g/mol. The Morgan fingerprint density at radius 1 is 1.22 bits per heavy atom. The number of aryl methyl sites for hydroxylation is 1. The highest BCUT2D eigenvalue weighted by molar-refractivity contribution is 5.99. The molecule has 0 radical (unpaired) electrons. The lowest BCUT2D eigenvalue weighted by Crippen LogP contribution is -2.40. The van der Waals surface area contributed by atoms with Crippen LogP contribution in [0.3, 0.4) is 0 Å². The summed E-state index contributed by atoms with van der Waals surface area (Å²) in [5, 5.41) is 7.33. The van der Waals surface area contributed by atoms with Gasteiger partial charge in [0.05, 0.1) is 12.2 Å². The van der Waals surface area contributed by atoms with Crippen molar-refractivity contribution < 1.29 is 4.79 Å². The molecule has 7 nitrogen and oxygen atoms in total. The Kier molecular flexibility index (Phi) is 5.11. The highest BCUT2D eigenvalue weighted by Crippen LogP contribution is 2.23. The Balaban J connectivity index is 1.52. The Bertz CT molecular complexity index is 917. The van der Waals surface area contributed by atoms with Gasteiger partial charge in [0.1, 0.15) is 5.56 Å². The SMILES string of the molecule is Cc1cnc2c(C(=O)NCC(c3cccnc3)N3CCCCC3)cnn2c1. The number of hydrogen-bond donors (Lipinski definition) is 1. The van der Waals surface area contributed by atoms with E-state index in [-0.39, 0.29) is 11.9 Å². The van der Waals surface area contributed by atoms with Crippen LogP contribution in [0.1, 0.15) is 46.8 Å². The molecule has 0 bridgehead atoms. The first-order chi connectivity index (χ1) is 13.2. The van der Waals surface area contributed by atoms with Crippen molar-refractivity contribution in [3.05, 3.63) is 59.8 Å². The van der Waals surface area contributed by atoms with Crippen LogP contribution in [0.4, 0.5) is 0 Å². The third kappa shape index (κ3) is 3.83. The minimum Gasteiger partial charge on any atom is -0.350 e. The average Bonchev–Trinajstić information content (AvgIpc) is 3.13. The Labute approximate surface area is 158 Å². The van der Waals surface area contributed by atoms with Gasteiger partial charge in [-0.1, -0.05) is 12.5 Å². The number of nitrogens with one attached hydrogen (secondary N) is 1. The normalized spacial score (nSPS) is 16.3. The zero-order valence-corrected chi connectivity index (χ0v) is 15.5. The number of carbonyl (C=O) groups is 1. The van der Waals surface area contributed by atoms with Crippen LogP contribution in [0.25, 0.3) is 5.65 Å². The lowest BCUT2D eigenvalue weighted by Gasteiger charge is -2.34. The van der Waals surface area contributed by atoms with Crippen LogP contribution in [0, 0.1) is 6.92 Å². The van der Waals surface area contributed by atoms with Gasteiger partial charge < -0.3 is 5.32 Å². The quantitative estimate of drug-likeness (QED) is 0.752. The molecule has 1 fully saturated rings. The number of likely N-dealkylation sites (tertiary alicyclic amines) is 1. The summed E-state index contributed by atoms with van der Waals surface area (Å²) < 4.78 is 1.65. The molecule has 140 valence electrons. The third-order valence-corrected chi connectivity index (χ3v) is 5.09. The molecule has 4 rings (SSSR count). The van der Waals surface area contributed by atoms with Crippen molar-refractivity contribution >= 4 is 11.6 Å². The largest absolute Gasteiger partial charge is 0.350 e. The maximum absolute atomic E-state index is 12.8. The molecule has 0 aliphatic carbocycles. The van der Waals surface area contributed by atoms with Crippen LogP contribution in [0.5, 0.6) is 0 Å². The summed E-state index contributed by atoms with van der Waals surface area (Å²) >= 11 is 0. The lowest BCUT2D eigenvalue weighted by atomic mass is 10.0. The molecule has 1 aliphatic heterocycles. The molecule has 3 aromatic heterocycles. The summed E-state index contributed by atoms with van der Waals surface area (Å²) in [5.41, 5.74) is 3.21. The predicted molar refractivity (Wildman–Crippen MR) is 102 cm³/mol. The number of nitrogens with zero attached hydrogens (tertiary/aromatic N) is 5. The molecule has 1 atom stereocenters. The number of pyridine rings is 1. The Morgan fingerprint density at radius 2 is 2.07 bits per heavy atom. The van der Waals surface area contributed by atoms with E-state index in [9.17, 15) is 4.79 Å². The second kappa shape index (κ2) is 7.84. The van der Waals surface area contributed by atoms with E-state index in [4.69, 9.17) is 0 Å². The molecule has 1 amide bonds. The first-order valence-corrected chi connectivity index (χ1v) is 9.44. The standard InChI is InChI=1S/C20H24N6O/c1-15-10-22-19-17(12-24-26(19)14-15)20(27)23-13-18(16-6-5-7-21-11-16)25-8-3-2-4-9-25/h5-7,10-12,14,18H,2-4,8-9,13H2,1H3,(H,23,27). The van der Waals surface area contributed by atoms with Crippen LogP contribution in [0.15, 0.2) is 43.1 Å². The van der Waals surface area contributed by atoms with E-state index in [1.54, 1.807) is 23.1 Å². The highest BCUT2D eigenvalue weighted by atomic mass is 16.1. The molecule has 1 unspecified atom stereocenters. The summed E-state index contributed by atoms with van der Waals surface area (Å²) in [4.78, 5) is 23.8. The minimum atomic E-state index is -0.146. The van der Waals surface area contributed by atoms with E-state index < -0.39 is 0 Å². The highest BCUT2D eigenvalue weighted by Gasteiger charge is 2.24. The molecule has 1 saturated heterocycles. The molecule has 0 aromatic carbocycles. The summed E-state index contributed by atoms with van der Waals surface area (Å²) in [6.45, 7) is 4.58. The lowest BCUT2D eigenvalue weighted by molar-refractivity contribution is 0.0925. The number of rotatable bonds is 5. The molecular weight excluding hydrogens is 340 g/mol. The fourth-order valence-electron chi connectivity index (χ4n) is 3.67. The zero-order chi connectivity index (χ0) is 18.6. The van der Waals surface area contributed by atoms with Gasteiger partial charge in [0.2, 0.25) is 0 Å². The maximum atomic E-state index is 12.8. The van der Waals surface area contributed by atoms with E-state index in [0.717, 1.165) is 24.2 Å².